The molecule has 1 unspecified atom stereocenters. The molecule has 0 aromatic carbocycles. The molecule has 0 aliphatic carbocycles. The summed E-state index contributed by atoms with van der Waals surface area (Å²) in [6.07, 6.45) is 2.26. The molecule has 5 nitrogen and oxygen atoms in total. The van der Waals surface area contributed by atoms with Gasteiger partial charge in [-0.25, -0.2) is 4.68 Å². The van der Waals surface area contributed by atoms with Gasteiger partial charge in [0.05, 0.1) is 12.1 Å². The number of piperidine rings is 1. The Bertz CT molecular complexity index is 534. The van der Waals surface area contributed by atoms with Crippen LogP contribution in [0.4, 0.5) is 8.78 Å². The van der Waals surface area contributed by atoms with Crippen molar-refractivity contribution in [1.29, 1.82) is 0 Å². The Hall–Kier alpha value is -1.21. The molecule has 1 saturated heterocycles. The maximum absolute atomic E-state index is 12.8. The average molecular weight is 351 g/mol. The predicted octanol–water partition coefficient (Wildman–Crippen LogP) is 2.32. The van der Waals surface area contributed by atoms with E-state index in [4.69, 9.17) is 0 Å². The Morgan fingerprint density at radius 3 is 2.70 bits per heavy atom. The maximum Gasteiger partial charge on any atom is 0.333 e. The summed E-state index contributed by atoms with van der Waals surface area (Å²) in [5.41, 5.74) is 1.51. The van der Waals surface area contributed by atoms with Crippen LogP contribution in [0.15, 0.2) is 0 Å². The summed E-state index contributed by atoms with van der Waals surface area (Å²) >= 11 is 0. The van der Waals surface area contributed by atoms with E-state index in [0.29, 0.717) is 27.6 Å². The molecule has 23 heavy (non-hydrogen) atoms. The minimum atomic E-state index is -2.67. The van der Waals surface area contributed by atoms with Crippen LogP contribution in [0.1, 0.15) is 36.3 Å². The number of rotatable bonds is 5. The van der Waals surface area contributed by atoms with Gasteiger partial charge in [-0.2, -0.15) is 13.9 Å². The fourth-order valence-corrected chi connectivity index (χ4v) is 3.15. The molecule has 0 spiro atoms. The summed E-state index contributed by atoms with van der Waals surface area (Å²) in [6.45, 7) is 2.98. The number of halogens is 3. The lowest BCUT2D eigenvalue weighted by molar-refractivity contribution is -0.132. The monoisotopic (exact) mass is 350 g/mol. The van der Waals surface area contributed by atoms with Gasteiger partial charge in [0.2, 0.25) is 5.91 Å². The SMILES string of the molecule is CNCC1CCCN(C(=O)Cc2c(C)nn(C(F)F)c2C)C1.Cl. The third kappa shape index (κ3) is 4.64. The number of alkyl halides is 2. The number of aromatic nitrogens is 2. The quantitative estimate of drug-likeness (QED) is 0.886. The Labute approximate surface area is 141 Å². The second-order valence-corrected chi connectivity index (χ2v) is 5.95. The highest BCUT2D eigenvalue weighted by Gasteiger charge is 2.25. The first-order chi connectivity index (χ1) is 10.4. The van der Waals surface area contributed by atoms with Crippen LogP contribution < -0.4 is 5.32 Å². The fraction of sp³-hybridized carbons (Fsp3) is 0.733. The van der Waals surface area contributed by atoms with Gasteiger partial charge in [0.1, 0.15) is 0 Å². The molecule has 1 fully saturated rings. The van der Waals surface area contributed by atoms with Crippen molar-refractivity contribution in [2.75, 3.05) is 26.7 Å². The zero-order chi connectivity index (χ0) is 16.3. The number of hydrogen-bond donors (Lipinski definition) is 1. The standard InChI is InChI=1S/C15H24F2N4O.ClH/c1-10-13(11(2)21(19-10)15(16)17)7-14(22)20-6-4-5-12(9-20)8-18-3;/h12,15,18H,4-9H2,1-3H3;1H. The number of nitrogens with zero attached hydrogens (tertiary/aromatic N) is 3. The lowest BCUT2D eigenvalue weighted by atomic mass is 9.97. The number of carbonyl (C=O) groups excluding carboxylic acids is 1. The number of aryl methyl sites for hydroxylation is 1. The van der Waals surface area contributed by atoms with E-state index in [0.717, 1.165) is 32.5 Å². The number of likely N-dealkylation sites (tertiary alicyclic amines) is 1. The van der Waals surface area contributed by atoms with Gasteiger partial charge in [0.15, 0.2) is 0 Å². The van der Waals surface area contributed by atoms with Crippen LogP contribution in [0.2, 0.25) is 0 Å². The molecule has 2 rings (SSSR count). The minimum Gasteiger partial charge on any atom is -0.342 e. The Kier molecular flexibility index (Phi) is 7.41. The van der Waals surface area contributed by atoms with Gasteiger partial charge in [-0.15, -0.1) is 12.4 Å². The first kappa shape index (κ1) is 19.8. The molecule has 1 atom stereocenters. The molecule has 8 heteroatoms. The molecule has 1 amide bonds. The first-order valence-electron chi connectivity index (χ1n) is 7.69. The van der Waals surface area contributed by atoms with Crippen LogP contribution in [0.5, 0.6) is 0 Å². The molecule has 1 aliphatic heterocycles. The van der Waals surface area contributed by atoms with Crippen LogP contribution in [-0.4, -0.2) is 47.3 Å². The average Bonchev–Trinajstić information content (AvgIpc) is 2.76. The largest absolute Gasteiger partial charge is 0.342 e. The smallest absolute Gasteiger partial charge is 0.333 e. The zero-order valence-electron chi connectivity index (χ0n) is 13.8. The van der Waals surface area contributed by atoms with Gasteiger partial charge in [-0.3, -0.25) is 4.79 Å². The number of hydrogen-bond acceptors (Lipinski definition) is 3. The van der Waals surface area contributed by atoms with E-state index in [1.165, 1.54) is 0 Å². The molecule has 1 aromatic heterocycles. The fourth-order valence-electron chi connectivity index (χ4n) is 3.15. The number of nitrogens with one attached hydrogen (secondary N) is 1. The molecular weight excluding hydrogens is 326 g/mol. The van der Waals surface area contributed by atoms with E-state index in [1.807, 2.05) is 11.9 Å². The first-order valence-corrected chi connectivity index (χ1v) is 7.69. The maximum atomic E-state index is 12.8. The van der Waals surface area contributed by atoms with Gasteiger partial charge in [0.25, 0.3) is 0 Å². The molecule has 0 saturated carbocycles. The normalized spacial score (nSPS) is 18.2. The van der Waals surface area contributed by atoms with Crippen molar-refractivity contribution in [3.63, 3.8) is 0 Å². The van der Waals surface area contributed by atoms with E-state index in [-0.39, 0.29) is 24.7 Å². The second-order valence-electron chi connectivity index (χ2n) is 5.95. The van der Waals surface area contributed by atoms with Gasteiger partial charge in [-0.05, 0) is 46.2 Å². The number of carbonyl (C=O) groups is 1. The minimum absolute atomic E-state index is 0. The molecule has 1 N–H and O–H groups in total. The van der Waals surface area contributed by atoms with Crippen LogP contribution in [0, 0.1) is 19.8 Å². The van der Waals surface area contributed by atoms with Gasteiger partial charge in [-0.1, -0.05) is 0 Å². The van der Waals surface area contributed by atoms with Gasteiger partial charge < -0.3 is 10.2 Å². The molecular formula is C15H25ClF2N4O. The van der Waals surface area contributed by atoms with Crippen molar-refractivity contribution in [3.8, 4) is 0 Å². The van der Waals surface area contributed by atoms with E-state index in [2.05, 4.69) is 10.4 Å². The van der Waals surface area contributed by atoms with E-state index >= 15 is 0 Å². The highest BCUT2D eigenvalue weighted by molar-refractivity contribution is 5.85. The van der Waals surface area contributed by atoms with Crippen molar-refractivity contribution in [2.24, 2.45) is 5.92 Å². The van der Waals surface area contributed by atoms with Crippen molar-refractivity contribution in [2.45, 2.75) is 39.7 Å². The summed E-state index contributed by atoms with van der Waals surface area (Å²) < 4.78 is 26.4. The third-order valence-corrected chi connectivity index (χ3v) is 4.35. The van der Waals surface area contributed by atoms with Crippen LogP contribution in [0.3, 0.4) is 0 Å². The van der Waals surface area contributed by atoms with E-state index in [9.17, 15) is 13.6 Å². The van der Waals surface area contributed by atoms with Crippen LogP contribution in [0.25, 0.3) is 0 Å². The summed E-state index contributed by atoms with van der Waals surface area (Å²) in [7, 11) is 1.91. The zero-order valence-corrected chi connectivity index (χ0v) is 14.6. The predicted molar refractivity (Wildman–Crippen MR) is 87.1 cm³/mol. The highest BCUT2D eigenvalue weighted by Crippen LogP contribution is 2.22. The molecule has 0 radical (unpaired) electrons. The number of amides is 1. The lowest BCUT2D eigenvalue weighted by Crippen LogP contribution is -2.43. The summed E-state index contributed by atoms with van der Waals surface area (Å²) in [5.74, 6) is 0.467. The topological polar surface area (TPSA) is 50.2 Å². The van der Waals surface area contributed by atoms with Crippen LogP contribution in [-0.2, 0) is 11.2 Å². The highest BCUT2D eigenvalue weighted by atomic mass is 35.5. The van der Waals surface area contributed by atoms with E-state index in [1.54, 1.807) is 13.8 Å². The summed E-state index contributed by atoms with van der Waals surface area (Å²) in [4.78, 5) is 14.3. The van der Waals surface area contributed by atoms with Crippen molar-refractivity contribution in [3.05, 3.63) is 17.0 Å². The molecule has 132 valence electrons. The molecule has 2 heterocycles. The Morgan fingerprint density at radius 1 is 1.43 bits per heavy atom. The van der Waals surface area contributed by atoms with Gasteiger partial charge >= 0.3 is 6.55 Å². The summed E-state index contributed by atoms with van der Waals surface area (Å²) in [6, 6.07) is 0. The molecule has 0 bridgehead atoms. The van der Waals surface area contributed by atoms with Crippen LogP contribution >= 0.6 is 12.4 Å². The van der Waals surface area contributed by atoms with Crippen molar-refractivity contribution >= 4 is 18.3 Å². The lowest BCUT2D eigenvalue weighted by Gasteiger charge is -2.32. The Morgan fingerprint density at radius 2 is 2.13 bits per heavy atom. The summed E-state index contributed by atoms with van der Waals surface area (Å²) in [5, 5.41) is 6.98. The van der Waals surface area contributed by atoms with Gasteiger partial charge in [0, 0.05) is 24.3 Å². The molecule has 1 aliphatic rings. The third-order valence-electron chi connectivity index (χ3n) is 4.35. The van der Waals surface area contributed by atoms with Crippen molar-refractivity contribution in [1.82, 2.24) is 20.0 Å². The van der Waals surface area contributed by atoms with Crippen molar-refractivity contribution < 1.29 is 13.6 Å². The van der Waals surface area contributed by atoms with E-state index < -0.39 is 6.55 Å². The second kappa shape index (κ2) is 8.59. The molecule has 1 aromatic rings. The Balaban J connectivity index is 0.00000264.